The predicted octanol–water partition coefficient (Wildman–Crippen LogP) is 2.54. The lowest BCUT2D eigenvalue weighted by Gasteiger charge is -2.09. The highest BCUT2D eigenvalue weighted by Crippen LogP contribution is 2.28. The molecule has 0 bridgehead atoms. The van der Waals surface area contributed by atoms with Crippen LogP contribution in [0.5, 0.6) is 11.5 Å². The van der Waals surface area contributed by atoms with Crippen molar-refractivity contribution in [2.24, 2.45) is 0 Å². The quantitative estimate of drug-likeness (QED) is 0.789. The fourth-order valence-electron chi connectivity index (χ4n) is 1.14. The van der Waals surface area contributed by atoms with Crippen LogP contribution in [0.25, 0.3) is 0 Å². The predicted molar refractivity (Wildman–Crippen MR) is 62.5 cm³/mol. The Hall–Kier alpha value is -2.15. The fourth-order valence-corrected chi connectivity index (χ4v) is 1.14. The molecule has 1 N–H and O–H groups in total. The van der Waals surface area contributed by atoms with Gasteiger partial charge in [-0.1, -0.05) is 0 Å². The molecule has 0 amide bonds. The van der Waals surface area contributed by atoms with Crippen LogP contribution < -0.4 is 14.8 Å². The van der Waals surface area contributed by atoms with Crippen LogP contribution in [0.1, 0.15) is 6.92 Å². The second kappa shape index (κ2) is 5.66. The largest absolute Gasteiger partial charge is 0.497 e. The average Bonchev–Trinajstić information content (AvgIpc) is 2.35. The van der Waals surface area contributed by atoms with E-state index in [0.29, 0.717) is 11.3 Å². The summed E-state index contributed by atoms with van der Waals surface area (Å²) in [6.45, 7) is 1.73. The molecule has 4 heteroatoms. The number of methoxy groups -OCH3 is 2. The van der Waals surface area contributed by atoms with Crippen molar-refractivity contribution in [3.05, 3.63) is 30.0 Å². The minimum absolute atomic E-state index is 0.595. The first kappa shape index (κ1) is 11.9. The first-order chi connectivity index (χ1) is 7.71. The van der Waals surface area contributed by atoms with E-state index < -0.39 is 0 Å². The number of rotatable bonds is 4. The number of benzene rings is 1. The first-order valence-electron chi connectivity index (χ1n) is 4.76. The Morgan fingerprint density at radius 3 is 2.69 bits per heavy atom. The van der Waals surface area contributed by atoms with Crippen molar-refractivity contribution in [2.75, 3.05) is 19.5 Å². The summed E-state index contributed by atoms with van der Waals surface area (Å²) in [6.07, 6.45) is 1.63. The van der Waals surface area contributed by atoms with Gasteiger partial charge in [0.15, 0.2) is 0 Å². The minimum Gasteiger partial charge on any atom is -0.497 e. The van der Waals surface area contributed by atoms with E-state index in [1.54, 1.807) is 33.4 Å². The molecular weight excluding hydrogens is 204 g/mol. The Morgan fingerprint density at radius 2 is 2.12 bits per heavy atom. The molecule has 0 atom stereocenters. The van der Waals surface area contributed by atoms with E-state index in [4.69, 9.17) is 14.7 Å². The highest BCUT2D eigenvalue weighted by Gasteiger charge is 2.03. The van der Waals surface area contributed by atoms with Crippen LogP contribution >= 0.6 is 0 Å². The molecule has 0 heterocycles. The summed E-state index contributed by atoms with van der Waals surface area (Å²) in [7, 11) is 3.18. The third-order valence-corrected chi connectivity index (χ3v) is 2.03. The molecule has 16 heavy (non-hydrogen) atoms. The van der Waals surface area contributed by atoms with Crippen LogP contribution in [0.4, 0.5) is 5.69 Å². The van der Waals surface area contributed by atoms with Crippen LogP contribution in [0, 0.1) is 11.3 Å². The SMILES string of the molecule is COc1ccc(N/C=C(\C)C#N)c(OC)c1. The Balaban J connectivity index is 2.93. The smallest absolute Gasteiger partial charge is 0.145 e. The lowest BCUT2D eigenvalue weighted by Crippen LogP contribution is -1.95. The van der Waals surface area contributed by atoms with E-state index >= 15 is 0 Å². The van der Waals surface area contributed by atoms with E-state index in [1.807, 2.05) is 18.2 Å². The van der Waals surface area contributed by atoms with Gasteiger partial charge in [0.2, 0.25) is 0 Å². The molecular formula is C12H14N2O2. The first-order valence-corrected chi connectivity index (χ1v) is 4.76. The van der Waals surface area contributed by atoms with Crippen LogP contribution in [0.3, 0.4) is 0 Å². The van der Waals surface area contributed by atoms with E-state index in [2.05, 4.69) is 5.32 Å². The summed E-state index contributed by atoms with van der Waals surface area (Å²) < 4.78 is 10.3. The zero-order valence-electron chi connectivity index (χ0n) is 9.57. The molecule has 0 aromatic heterocycles. The summed E-state index contributed by atoms with van der Waals surface area (Å²) in [4.78, 5) is 0. The number of nitrogens with zero attached hydrogens (tertiary/aromatic N) is 1. The molecule has 1 aromatic rings. The third kappa shape index (κ3) is 2.92. The molecule has 0 aliphatic heterocycles. The van der Waals surface area contributed by atoms with E-state index in [9.17, 15) is 0 Å². The van der Waals surface area contributed by atoms with Crippen molar-refractivity contribution >= 4 is 5.69 Å². The Labute approximate surface area is 95.1 Å². The highest BCUT2D eigenvalue weighted by atomic mass is 16.5. The van der Waals surface area contributed by atoms with E-state index in [-0.39, 0.29) is 0 Å². The summed E-state index contributed by atoms with van der Waals surface area (Å²) >= 11 is 0. The Morgan fingerprint density at radius 1 is 1.38 bits per heavy atom. The van der Waals surface area contributed by atoms with Gasteiger partial charge in [-0.15, -0.1) is 0 Å². The van der Waals surface area contributed by atoms with Crippen molar-refractivity contribution in [2.45, 2.75) is 6.92 Å². The number of hydrogen-bond donors (Lipinski definition) is 1. The molecule has 0 radical (unpaired) electrons. The second-order valence-corrected chi connectivity index (χ2v) is 3.15. The molecule has 0 unspecified atom stereocenters. The molecule has 4 nitrogen and oxygen atoms in total. The second-order valence-electron chi connectivity index (χ2n) is 3.15. The standard InChI is InChI=1S/C12H14N2O2/c1-9(7-13)8-14-11-5-4-10(15-2)6-12(11)16-3/h4-6,8,14H,1-3H3/b9-8+. The van der Waals surface area contributed by atoms with Gasteiger partial charge >= 0.3 is 0 Å². The van der Waals surface area contributed by atoms with Gasteiger partial charge < -0.3 is 14.8 Å². The maximum atomic E-state index is 8.61. The zero-order valence-corrected chi connectivity index (χ0v) is 9.57. The lowest BCUT2D eigenvalue weighted by atomic mass is 10.2. The van der Waals surface area contributed by atoms with Crippen molar-refractivity contribution in [3.8, 4) is 17.6 Å². The van der Waals surface area contributed by atoms with Gasteiger partial charge in [0, 0.05) is 17.8 Å². The molecule has 0 spiro atoms. The van der Waals surface area contributed by atoms with Gasteiger partial charge in [0.05, 0.1) is 26.0 Å². The monoisotopic (exact) mass is 218 g/mol. The number of allylic oxidation sites excluding steroid dienone is 1. The number of ether oxygens (including phenoxy) is 2. The molecule has 0 aliphatic rings. The Bertz CT molecular complexity index is 433. The number of hydrogen-bond acceptors (Lipinski definition) is 4. The van der Waals surface area contributed by atoms with Gasteiger partial charge in [-0.25, -0.2) is 0 Å². The number of anilines is 1. The topological polar surface area (TPSA) is 54.3 Å². The molecule has 1 aromatic carbocycles. The summed E-state index contributed by atoms with van der Waals surface area (Å²) in [5.74, 6) is 1.39. The maximum Gasteiger partial charge on any atom is 0.145 e. The third-order valence-electron chi connectivity index (χ3n) is 2.03. The minimum atomic E-state index is 0.595. The van der Waals surface area contributed by atoms with Crippen LogP contribution in [0.15, 0.2) is 30.0 Å². The van der Waals surface area contributed by atoms with Crippen molar-refractivity contribution in [1.29, 1.82) is 5.26 Å². The van der Waals surface area contributed by atoms with Crippen molar-refractivity contribution in [3.63, 3.8) is 0 Å². The summed E-state index contributed by atoms with van der Waals surface area (Å²) in [5.41, 5.74) is 1.38. The van der Waals surface area contributed by atoms with Gasteiger partial charge in [0.1, 0.15) is 11.5 Å². The Kier molecular flexibility index (Phi) is 4.22. The fraction of sp³-hybridized carbons (Fsp3) is 0.250. The lowest BCUT2D eigenvalue weighted by molar-refractivity contribution is 0.395. The van der Waals surface area contributed by atoms with E-state index in [1.165, 1.54) is 0 Å². The number of nitriles is 1. The van der Waals surface area contributed by atoms with Crippen LogP contribution in [-0.4, -0.2) is 14.2 Å². The number of nitrogens with one attached hydrogen (secondary N) is 1. The van der Waals surface area contributed by atoms with E-state index in [0.717, 1.165) is 11.4 Å². The molecule has 0 fully saturated rings. The average molecular weight is 218 g/mol. The van der Waals surface area contributed by atoms with Gasteiger partial charge in [0.25, 0.3) is 0 Å². The highest BCUT2D eigenvalue weighted by molar-refractivity contribution is 5.60. The molecule has 0 saturated carbocycles. The van der Waals surface area contributed by atoms with Crippen LogP contribution in [-0.2, 0) is 0 Å². The maximum absolute atomic E-state index is 8.61. The van der Waals surface area contributed by atoms with Crippen molar-refractivity contribution in [1.82, 2.24) is 0 Å². The molecule has 0 saturated heterocycles. The van der Waals surface area contributed by atoms with Gasteiger partial charge in [-0.3, -0.25) is 0 Å². The molecule has 84 valence electrons. The van der Waals surface area contributed by atoms with Crippen molar-refractivity contribution < 1.29 is 9.47 Å². The zero-order chi connectivity index (χ0) is 12.0. The van der Waals surface area contributed by atoms with Gasteiger partial charge in [-0.05, 0) is 19.1 Å². The van der Waals surface area contributed by atoms with Gasteiger partial charge in [-0.2, -0.15) is 5.26 Å². The normalized spacial score (nSPS) is 10.5. The summed E-state index contributed by atoms with van der Waals surface area (Å²) in [6, 6.07) is 7.46. The van der Waals surface area contributed by atoms with Crippen LogP contribution in [0.2, 0.25) is 0 Å². The molecule has 1 rings (SSSR count). The molecule has 0 aliphatic carbocycles. The summed E-state index contributed by atoms with van der Waals surface area (Å²) in [5, 5.41) is 11.6.